The summed E-state index contributed by atoms with van der Waals surface area (Å²) < 4.78 is 10.7. The van der Waals surface area contributed by atoms with Crippen molar-refractivity contribution in [3.8, 4) is 0 Å². The Kier molecular flexibility index (Phi) is 3.25. The van der Waals surface area contributed by atoms with Gasteiger partial charge >= 0.3 is 13.6 Å². The first kappa shape index (κ1) is 11.9. The van der Waals surface area contributed by atoms with E-state index in [1.165, 1.54) is 0 Å². The van der Waals surface area contributed by atoms with Crippen molar-refractivity contribution in [1.29, 1.82) is 0 Å². The van der Waals surface area contributed by atoms with Crippen LogP contribution >= 0.6 is 7.60 Å². The van der Waals surface area contributed by atoms with Gasteiger partial charge < -0.3 is 20.6 Å². The predicted octanol–water partition coefficient (Wildman–Crippen LogP) is -1.83. The first-order valence-corrected chi connectivity index (χ1v) is 5.50. The van der Waals surface area contributed by atoms with Crippen molar-refractivity contribution in [2.45, 2.75) is 12.5 Å². The third-order valence-electron chi connectivity index (χ3n) is 1.67. The number of H-pyrrole nitrogens is 1. The lowest BCUT2D eigenvalue weighted by molar-refractivity contribution is -0.138. The quantitative estimate of drug-likeness (QED) is 0.385. The van der Waals surface area contributed by atoms with E-state index in [1.807, 2.05) is 0 Å². The van der Waals surface area contributed by atoms with Crippen molar-refractivity contribution in [2.24, 2.45) is 5.73 Å². The van der Waals surface area contributed by atoms with Crippen LogP contribution in [0.4, 0.5) is 0 Å². The fraction of sp³-hybridized carbons (Fsp3) is 0.333. The van der Waals surface area contributed by atoms with Gasteiger partial charge in [0, 0.05) is 12.1 Å². The lowest BCUT2D eigenvalue weighted by Crippen LogP contribution is -2.32. The molecule has 6 N–H and O–H groups in total. The van der Waals surface area contributed by atoms with E-state index in [0.29, 0.717) is 0 Å². The molecule has 1 aromatic heterocycles. The Morgan fingerprint density at radius 1 is 1.67 bits per heavy atom. The molecule has 84 valence electrons. The van der Waals surface area contributed by atoms with Crippen molar-refractivity contribution in [1.82, 2.24) is 10.2 Å². The molecule has 1 unspecified atom stereocenters. The number of hydrogen-bond donors (Lipinski definition) is 5. The van der Waals surface area contributed by atoms with Crippen LogP contribution in [0.3, 0.4) is 0 Å². The van der Waals surface area contributed by atoms with Crippen molar-refractivity contribution in [3.63, 3.8) is 0 Å². The summed E-state index contributed by atoms with van der Waals surface area (Å²) in [7, 11) is -4.39. The van der Waals surface area contributed by atoms with Gasteiger partial charge in [0.2, 0.25) is 0 Å². The van der Waals surface area contributed by atoms with Gasteiger partial charge in [-0.25, -0.2) is 0 Å². The third-order valence-corrected chi connectivity index (χ3v) is 2.50. The SMILES string of the molecule is NC(Cc1cc(P(=O)(O)O)n[nH]1)C(=O)O. The zero-order valence-electron chi connectivity index (χ0n) is 7.49. The Balaban J connectivity index is 2.78. The maximum atomic E-state index is 10.7. The molecule has 1 aromatic rings. The van der Waals surface area contributed by atoms with Crippen LogP contribution in [0.25, 0.3) is 0 Å². The van der Waals surface area contributed by atoms with Crippen LogP contribution in [0, 0.1) is 0 Å². The number of nitrogens with two attached hydrogens (primary N) is 1. The topological polar surface area (TPSA) is 150 Å². The number of carboxylic acids is 1. The lowest BCUT2D eigenvalue weighted by atomic mass is 10.2. The smallest absolute Gasteiger partial charge is 0.376 e. The number of aromatic nitrogens is 2. The van der Waals surface area contributed by atoms with E-state index in [0.717, 1.165) is 6.07 Å². The van der Waals surface area contributed by atoms with Gasteiger partial charge in [-0.2, -0.15) is 5.10 Å². The van der Waals surface area contributed by atoms with E-state index in [4.69, 9.17) is 20.6 Å². The van der Waals surface area contributed by atoms with Crippen LogP contribution in [0.15, 0.2) is 6.07 Å². The minimum Gasteiger partial charge on any atom is -0.480 e. The molecule has 0 bridgehead atoms. The molecule has 0 aliphatic carbocycles. The molecule has 9 heteroatoms. The van der Waals surface area contributed by atoms with Crippen molar-refractivity contribution in [3.05, 3.63) is 11.8 Å². The van der Waals surface area contributed by atoms with Crippen molar-refractivity contribution >= 4 is 19.0 Å². The van der Waals surface area contributed by atoms with Gasteiger partial charge in [0.25, 0.3) is 0 Å². The summed E-state index contributed by atoms with van der Waals surface area (Å²) in [6.45, 7) is 0. The minimum absolute atomic E-state index is 0.0671. The van der Waals surface area contributed by atoms with E-state index in [-0.39, 0.29) is 12.1 Å². The molecule has 0 aromatic carbocycles. The number of carbonyl (C=O) groups is 1. The normalized spacial score (nSPS) is 13.8. The second kappa shape index (κ2) is 4.11. The average molecular weight is 235 g/mol. The van der Waals surface area contributed by atoms with Crippen molar-refractivity contribution in [2.75, 3.05) is 0 Å². The first-order chi connectivity index (χ1) is 6.80. The monoisotopic (exact) mass is 235 g/mol. The van der Waals surface area contributed by atoms with Crippen LogP contribution in [-0.2, 0) is 15.8 Å². The zero-order valence-corrected chi connectivity index (χ0v) is 8.39. The summed E-state index contributed by atoms with van der Waals surface area (Å²) in [5.41, 5.74) is 5.07. The standard InChI is InChI=1S/C6H10N3O5P/c7-4(6(10)11)1-3-2-5(9-8-3)15(12,13)14/h2,4H,1,7H2,(H,8,9)(H,10,11)(H2,12,13,14). The van der Waals surface area contributed by atoms with E-state index < -0.39 is 25.0 Å². The molecule has 0 saturated heterocycles. The molecule has 0 amide bonds. The second-order valence-corrected chi connectivity index (χ2v) is 4.49. The van der Waals surface area contributed by atoms with Crippen LogP contribution in [-0.4, -0.2) is 37.1 Å². The Hall–Kier alpha value is -1.21. The number of carboxylic acid groups (broad SMARTS) is 1. The molecule has 1 heterocycles. The van der Waals surface area contributed by atoms with Gasteiger partial charge in [-0.1, -0.05) is 0 Å². The molecular formula is C6H10N3O5P. The zero-order chi connectivity index (χ0) is 11.6. The number of hydrogen-bond acceptors (Lipinski definition) is 4. The van der Waals surface area contributed by atoms with E-state index in [9.17, 15) is 9.36 Å². The largest absolute Gasteiger partial charge is 0.480 e. The molecule has 0 aliphatic rings. The Morgan fingerprint density at radius 3 is 2.67 bits per heavy atom. The number of aromatic amines is 1. The molecule has 0 aliphatic heterocycles. The lowest BCUT2D eigenvalue weighted by Gasteiger charge is -2.02. The van der Waals surface area contributed by atoms with Gasteiger partial charge in [-0.3, -0.25) is 14.5 Å². The first-order valence-electron chi connectivity index (χ1n) is 3.89. The molecule has 0 radical (unpaired) electrons. The van der Waals surface area contributed by atoms with Crippen LogP contribution in [0.2, 0.25) is 0 Å². The predicted molar refractivity (Wildman–Crippen MR) is 49.6 cm³/mol. The maximum Gasteiger partial charge on any atom is 0.376 e. The summed E-state index contributed by atoms with van der Waals surface area (Å²) in [4.78, 5) is 27.8. The molecule has 0 fully saturated rings. The molecule has 1 atom stereocenters. The van der Waals surface area contributed by atoms with Gasteiger partial charge in [0.15, 0.2) is 5.44 Å². The summed E-state index contributed by atoms with van der Waals surface area (Å²) >= 11 is 0. The highest BCUT2D eigenvalue weighted by molar-refractivity contribution is 7.60. The van der Waals surface area contributed by atoms with Crippen LogP contribution < -0.4 is 11.2 Å². The van der Waals surface area contributed by atoms with E-state index >= 15 is 0 Å². The molecule has 15 heavy (non-hydrogen) atoms. The highest BCUT2D eigenvalue weighted by Crippen LogP contribution is 2.31. The van der Waals surface area contributed by atoms with Crippen molar-refractivity contribution < 1.29 is 24.3 Å². The van der Waals surface area contributed by atoms with E-state index in [1.54, 1.807) is 0 Å². The summed E-state index contributed by atoms with van der Waals surface area (Å²) in [5, 5.41) is 14.2. The number of rotatable bonds is 4. The Morgan fingerprint density at radius 2 is 2.27 bits per heavy atom. The van der Waals surface area contributed by atoms with Crippen LogP contribution in [0.1, 0.15) is 5.69 Å². The second-order valence-electron chi connectivity index (χ2n) is 2.94. The fourth-order valence-corrected chi connectivity index (χ4v) is 1.43. The summed E-state index contributed by atoms with van der Waals surface area (Å²) in [6, 6.07) is -0.0288. The highest BCUT2D eigenvalue weighted by Gasteiger charge is 2.22. The molecular weight excluding hydrogens is 225 g/mol. The average Bonchev–Trinajstić information content (AvgIpc) is 2.51. The number of aliphatic carboxylic acids is 1. The summed E-state index contributed by atoms with van der Waals surface area (Å²) in [6.07, 6.45) is -0.0671. The van der Waals surface area contributed by atoms with Gasteiger partial charge in [0.1, 0.15) is 6.04 Å². The maximum absolute atomic E-state index is 10.7. The number of nitrogens with zero attached hydrogens (tertiary/aromatic N) is 1. The number of nitrogens with one attached hydrogen (secondary N) is 1. The van der Waals surface area contributed by atoms with E-state index in [2.05, 4.69) is 10.2 Å². The van der Waals surface area contributed by atoms with Gasteiger partial charge in [-0.15, -0.1) is 0 Å². The fourth-order valence-electron chi connectivity index (χ4n) is 0.927. The highest BCUT2D eigenvalue weighted by atomic mass is 31.2. The van der Waals surface area contributed by atoms with Gasteiger partial charge in [0.05, 0.1) is 0 Å². The molecule has 0 spiro atoms. The molecule has 8 nitrogen and oxygen atoms in total. The summed E-state index contributed by atoms with van der Waals surface area (Å²) in [5.74, 6) is -1.19. The molecule has 1 rings (SSSR count). The van der Waals surface area contributed by atoms with Gasteiger partial charge in [-0.05, 0) is 6.07 Å². The third kappa shape index (κ3) is 3.14. The van der Waals surface area contributed by atoms with Crippen LogP contribution in [0.5, 0.6) is 0 Å². The Bertz CT molecular complexity index is 411. The minimum atomic E-state index is -4.39. The Labute approximate surface area is 84.3 Å². The molecule has 0 saturated carbocycles.